The molecular weight excluding hydrogens is 364 g/mol. The van der Waals surface area contributed by atoms with Crippen molar-refractivity contribution in [2.75, 3.05) is 4.90 Å². The lowest BCUT2D eigenvalue weighted by Crippen LogP contribution is -2.27. The van der Waals surface area contributed by atoms with Gasteiger partial charge in [0.1, 0.15) is 5.75 Å². The Kier molecular flexibility index (Phi) is 4.43. The molecule has 0 aromatic heterocycles. The first-order valence-corrected chi connectivity index (χ1v) is 8.12. The van der Waals surface area contributed by atoms with Crippen LogP contribution < -0.4 is 10.0 Å². The molecule has 9 heteroatoms. The van der Waals surface area contributed by atoms with Crippen molar-refractivity contribution < 1.29 is 19.9 Å². The van der Waals surface area contributed by atoms with E-state index in [2.05, 4.69) is 0 Å². The summed E-state index contributed by atoms with van der Waals surface area (Å²) in [4.78, 5) is 24.3. The molecule has 1 heterocycles. The number of thiocarbonyl (C=S) groups is 1. The van der Waals surface area contributed by atoms with Crippen LogP contribution >= 0.6 is 24.0 Å². The van der Waals surface area contributed by atoms with Crippen molar-refractivity contribution in [1.29, 1.82) is 0 Å². The second-order valence-corrected chi connectivity index (χ2v) is 6.69. The Morgan fingerprint density at radius 3 is 2.52 bits per heavy atom. The van der Waals surface area contributed by atoms with Crippen LogP contribution in [0, 0.1) is 10.1 Å². The van der Waals surface area contributed by atoms with Crippen LogP contribution in [0.4, 0.5) is 11.4 Å². The lowest BCUT2D eigenvalue weighted by atomic mass is 10.1. The van der Waals surface area contributed by atoms with Crippen LogP contribution in [0.3, 0.4) is 0 Å². The minimum absolute atomic E-state index is 0.0420. The van der Waals surface area contributed by atoms with Gasteiger partial charge in [0.25, 0.3) is 11.6 Å². The van der Waals surface area contributed by atoms with E-state index in [1.807, 2.05) is 0 Å². The molecule has 1 aliphatic heterocycles. The molecule has 1 saturated heterocycles. The number of amides is 1. The van der Waals surface area contributed by atoms with Gasteiger partial charge in [-0.15, -0.1) is 5.75 Å². The van der Waals surface area contributed by atoms with Crippen molar-refractivity contribution in [3.8, 4) is 11.5 Å². The van der Waals surface area contributed by atoms with Crippen LogP contribution in [-0.4, -0.2) is 20.3 Å². The van der Waals surface area contributed by atoms with Crippen LogP contribution in [0.15, 0.2) is 47.4 Å². The van der Waals surface area contributed by atoms with Crippen molar-refractivity contribution in [1.82, 2.24) is 0 Å². The Labute approximate surface area is 151 Å². The summed E-state index contributed by atoms with van der Waals surface area (Å²) in [5, 5.41) is 32.1. The first kappa shape index (κ1) is 16.9. The predicted octanol–water partition coefficient (Wildman–Crippen LogP) is 2.78. The molecule has 1 amide bonds. The molecule has 3 rings (SSSR count). The molecule has 7 nitrogen and oxygen atoms in total. The van der Waals surface area contributed by atoms with Gasteiger partial charge in [-0.2, -0.15) is 0 Å². The van der Waals surface area contributed by atoms with Crippen molar-refractivity contribution in [3.05, 3.63) is 63.0 Å². The molecule has 0 unspecified atom stereocenters. The average Bonchev–Trinajstić information content (AvgIpc) is 2.84. The summed E-state index contributed by atoms with van der Waals surface area (Å²) in [6, 6.07) is 9.24. The van der Waals surface area contributed by atoms with Crippen molar-refractivity contribution in [2.45, 2.75) is 0 Å². The molecule has 0 aliphatic carbocycles. The third-order valence-corrected chi connectivity index (χ3v) is 4.69. The standard InChI is InChI=1S/C16H10N2O5S2/c19-12-4-1-10(2-5-12)17-15(21)14(25-16(17)24)8-9-7-11(18(22)23)3-6-13(9)20/h1-8,19-20H/p-1/b14-8-. The van der Waals surface area contributed by atoms with Gasteiger partial charge in [0.2, 0.25) is 0 Å². The number of carbonyl (C=O) groups excluding carboxylic acids is 1. The Bertz CT molecular complexity index is 925. The van der Waals surface area contributed by atoms with E-state index in [1.165, 1.54) is 35.2 Å². The van der Waals surface area contributed by atoms with Gasteiger partial charge < -0.3 is 10.2 Å². The van der Waals surface area contributed by atoms with Crippen LogP contribution in [0.5, 0.6) is 11.5 Å². The number of thioether (sulfide) groups is 1. The molecule has 25 heavy (non-hydrogen) atoms. The molecule has 1 aliphatic rings. The summed E-state index contributed by atoms with van der Waals surface area (Å²) in [5.74, 6) is -0.815. The lowest BCUT2D eigenvalue weighted by molar-refractivity contribution is -0.385. The van der Waals surface area contributed by atoms with E-state index >= 15 is 0 Å². The first-order chi connectivity index (χ1) is 11.9. The minimum Gasteiger partial charge on any atom is -0.872 e. The molecule has 0 atom stereocenters. The second-order valence-electron chi connectivity index (χ2n) is 5.01. The molecule has 126 valence electrons. The van der Waals surface area contributed by atoms with Gasteiger partial charge >= 0.3 is 0 Å². The van der Waals surface area contributed by atoms with Crippen molar-refractivity contribution in [2.24, 2.45) is 0 Å². The quantitative estimate of drug-likeness (QED) is 0.381. The topological polar surface area (TPSA) is 107 Å². The average molecular weight is 373 g/mol. The Morgan fingerprint density at radius 2 is 1.88 bits per heavy atom. The highest BCUT2D eigenvalue weighted by atomic mass is 32.2. The fraction of sp³-hybridized carbons (Fsp3) is 0. The fourth-order valence-corrected chi connectivity index (χ4v) is 3.49. The third-order valence-electron chi connectivity index (χ3n) is 3.39. The maximum Gasteiger partial charge on any atom is 0.270 e. The van der Waals surface area contributed by atoms with Gasteiger partial charge in [0, 0.05) is 12.1 Å². The smallest absolute Gasteiger partial charge is 0.270 e. The molecule has 1 fully saturated rings. The van der Waals surface area contributed by atoms with E-state index in [-0.39, 0.29) is 26.2 Å². The van der Waals surface area contributed by atoms with E-state index in [9.17, 15) is 25.1 Å². The molecule has 2 aromatic carbocycles. The maximum absolute atomic E-state index is 12.6. The first-order valence-electron chi connectivity index (χ1n) is 6.89. The highest BCUT2D eigenvalue weighted by Gasteiger charge is 2.33. The fourth-order valence-electron chi connectivity index (χ4n) is 2.20. The summed E-state index contributed by atoms with van der Waals surface area (Å²) in [5.41, 5.74) is 0.283. The number of hydrogen-bond donors (Lipinski definition) is 1. The van der Waals surface area contributed by atoms with Gasteiger partial charge in [-0.3, -0.25) is 19.8 Å². The third kappa shape index (κ3) is 3.32. The second kappa shape index (κ2) is 6.54. The summed E-state index contributed by atoms with van der Waals surface area (Å²) in [7, 11) is 0. The van der Waals surface area contributed by atoms with Gasteiger partial charge in [0.15, 0.2) is 4.32 Å². The van der Waals surface area contributed by atoms with Gasteiger partial charge in [-0.1, -0.05) is 30.0 Å². The maximum atomic E-state index is 12.6. The number of phenolic OH excluding ortho intramolecular Hbond substituents is 1. The number of carbonyl (C=O) groups is 1. The summed E-state index contributed by atoms with van der Waals surface area (Å²) < 4.78 is 0.264. The summed E-state index contributed by atoms with van der Waals surface area (Å²) >= 11 is 6.20. The molecule has 0 spiro atoms. The zero-order valence-electron chi connectivity index (χ0n) is 12.4. The van der Waals surface area contributed by atoms with Crippen LogP contribution in [0.2, 0.25) is 0 Å². The number of anilines is 1. The Morgan fingerprint density at radius 1 is 1.20 bits per heavy atom. The highest BCUT2D eigenvalue weighted by molar-refractivity contribution is 8.27. The normalized spacial score (nSPS) is 15.8. The number of nitro benzene ring substituents is 1. The van der Waals surface area contributed by atoms with Crippen molar-refractivity contribution in [3.63, 3.8) is 0 Å². The Hall–Kier alpha value is -2.91. The molecule has 0 bridgehead atoms. The van der Waals surface area contributed by atoms with E-state index < -0.39 is 16.6 Å². The number of nitrogens with zero attached hydrogens (tertiary/aromatic N) is 2. The number of benzene rings is 2. The zero-order chi connectivity index (χ0) is 18.1. The number of non-ortho nitro benzene ring substituents is 1. The molecular formula is C16H9N2O5S2-. The van der Waals surface area contributed by atoms with Gasteiger partial charge in [0.05, 0.1) is 15.5 Å². The molecule has 0 saturated carbocycles. The number of rotatable bonds is 3. The number of aromatic hydroxyl groups is 1. The number of nitro groups is 1. The Balaban J connectivity index is 1.97. The molecule has 1 N–H and O–H groups in total. The summed E-state index contributed by atoms with van der Waals surface area (Å²) in [6.45, 7) is 0. The van der Waals surface area contributed by atoms with Crippen LogP contribution in [0.1, 0.15) is 5.56 Å². The van der Waals surface area contributed by atoms with E-state index in [0.29, 0.717) is 5.69 Å². The number of hydrogen-bond acceptors (Lipinski definition) is 7. The molecule has 2 aromatic rings. The van der Waals surface area contributed by atoms with E-state index in [0.717, 1.165) is 30.0 Å². The predicted molar refractivity (Wildman–Crippen MR) is 96.3 cm³/mol. The largest absolute Gasteiger partial charge is 0.872 e. The monoisotopic (exact) mass is 373 g/mol. The molecule has 0 radical (unpaired) electrons. The number of phenols is 1. The SMILES string of the molecule is O=C1/C(=C/c2cc([N+](=O)[O-])ccc2[O-])SC(=S)N1c1ccc(O)cc1. The van der Waals surface area contributed by atoms with E-state index in [1.54, 1.807) is 0 Å². The van der Waals surface area contributed by atoms with Crippen LogP contribution in [0.25, 0.3) is 6.08 Å². The highest BCUT2D eigenvalue weighted by Crippen LogP contribution is 2.37. The van der Waals surface area contributed by atoms with Gasteiger partial charge in [-0.05, 0) is 35.9 Å². The van der Waals surface area contributed by atoms with Crippen LogP contribution in [-0.2, 0) is 4.79 Å². The van der Waals surface area contributed by atoms with E-state index in [4.69, 9.17) is 12.2 Å². The minimum atomic E-state index is -0.613. The van der Waals surface area contributed by atoms with Gasteiger partial charge in [-0.25, -0.2) is 0 Å². The lowest BCUT2D eigenvalue weighted by Gasteiger charge is -2.14. The summed E-state index contributed by atoms with van der Waals surface area (Å²) in [6.07, 6.45) is 1.30. The zero-order valence-corrected chi connectivity index (χ0v) is 14.0. The van der Waals surface area contributed by atoms with Crippen molar-refractivity contribution >= 4 is 51.7 Å².